The maximum absolute atomic E-state index is 13.0. The predicted octanol–water partition coefficient (Wildman–Crippen LogP) is 2.04. The molecule has 0 spiro atoms. The summed E-state index contributed by atoms with van der Waals surface area (Å²) in [6.45, 7) is 1.79. The van der Waals surface area contributed by atoms with Gasteiger partial charge in [-0.25, -0.2) is 8.42 Å². The van der Waals surface area contributed by atoms with E-state index in [0.29, 0.717) is 37.9 Å². The van der Waals surface area contributed by atoms with E-state index in [9.17, 15) is 8.42 Å². The fraction of sp³-hybridized carbons (Fsp3) is 0.294. The molecule has 0 radical (unpaired) electrons. The van der Waals surface area contributed by atoms with E-state index in [1.807, 2.05) is 24.3 Å². The molecule has 0 saturated carbocycles. The fourth-order valence-electron chi connectivity index (χ4n) is 2.84. The topological polar surface area (TPSA) is 65.1 Å². The van der Waals surface area contributed by atoms with Gasteiger partial charge in [0.25, 0.3) is 0 Å². The Bertz CT molecular complexity index is 865. The third-order valence-electron chi connectivity index (χ3n) is 4.07. The van der Waals surface area contributed by atoms with Gasteiger partial charge in [0.05, 0.1) is 4.90 Å². The van der Waals surface area contributed by atoms with Gasteiger partial charge in [-0.15, -0.1) is 0 Å². The van der Waals surface area contributed by atoms with E-state index in [2.05, 4.69) is 0 Å². The van der Waals surface area contributed by atoms with Gasteiger partial charge in [0, 0.05) is 24.7 Å². The number of fused-ring (bicyclic) bond motifs is 2. The van der Waals surface area contributed by atoms with Crippen LogP contribution in [0.2, 0.25) is 0 Å². The standard InChI is InChI=1S/C17H17NO5S/c19-24(20,14-5-6-16-17(11-14)23-10-9-22-16)18-7-8-21-15-4-2-1-3-13(15)12-18/h1-6,11H,7-10,12H2. The van der Waals surface area contributed by atoms with Gasteiger partial charge in [-0.1, -0.05) is 18.2 Å². The molecule has 2 aromatic carbocycles. The molecule has 2 aromatic rings. The molecule has 0 amide bonds. The van der Waals surface area contributed by atoms with Gasteiger partial charge in [0.1, 0.15) is 25.6 Å². The van der Waals surface area contributed by atoms with Crippen LogP contribution >= 0.6 is 0 Å². The quantitative estimate of drug-likeness (QED) is 0.832. The summed E-state index contributed by atoms with van der Waals surface area (Å²) in [4.78, 5) is 0.200. The molecular weight excluding hydrogens is 330 g/mol. The smallest absolute Gasteiger partial charge is 0.243 e. The van der Waals surface area contributed by atoms with E-state index >= 15 is 0 Å². The van der Waals surface area contributed by atoms with Gasteiger partial charge >= 0.3 is 0 Å². The highest BCUT2D eigenvalue weighted by atomic mass is 32.2. The number of rotatable bonds is 2. The van der Waals surface area contributed by atoms with Crippen LogP contribution in [0.25, 0.3) is 0 Å². The molecule has 7 heteroatoms. The van der Waals surface area contributed by atoms with Crippen LogP contribution in [-0.4, -0.2) is 39.1 Å². The Hall–Kier alpha value is -2.25. The Kier molecular flexibility index (Phi) is 3.82. The first-order valence-electron chi connectivity index (χ1n) is 7.75. The van der Waals surface area contributed by atoms with Crippen molar-refractivity contribution in [2.45, 2.75) is 11.4 Å². The predicted molar refractivity (Wildman–Crippen MR) is 87.0 cm³/mol. The lowest BCUT2D eigenvalue weighted by Crippen LogP contribution is -2.32. The summed E-state index contributed by atoms with van der Waals surface area (Å²) in [7, 11) is -3.64. The van der Waals surface area contributed by atoms with Crippen molar-refractivity contribution >= 4 is 10.0 Å². The summed E-state index contributed by atoms with van der Waals surface area (Å²) in [6.07, 6.45) is 0. The number of sulfonamides is 1. The molecule has 0 bridgehead atoms. The number of para-hydroxylation sites is 1. The maximum Gasteiger partial charge on any atom is 0.243 e. The highest BCUT2D eigenvalue weighted by Crippen LogP contribution is 2.34. The third-order valence-corrected chi connectivity index (χ3v) is 5.91. The summed E-state index contributed by atoms with van der Waals surface area (Å²) < 4.78 is 44.0. The molecule has 0 aliphatic carbocycles. The lowest BCUT2D eigenvalue weighted by molar-refractivity contribution is 0.171. The van der Waals surface area contributed by atoms with Crippen molar-refractivity contribution in [3.63, 3.8) is 0 Å². The lowest BCUT2D eigenvalue weighted by atomic mass is 10.2. The number of hydrogen-bond acceptors (Lipinski definition) is 5. The van der Waals surface area contributed by atoms with Crippen molar-refractivity contribution in [2.24, 2.45) is 0 Å². The molecule has 24 heavy (non-hydrogen) atoms. The van der Waals surface area contributed by atoms with Crippen LogP contribution in [0.5, 0.6) is 17.2 Å². The minimum Gasteiger partial charge on any atom is -0.492 e. The van der Waals surface area contributed by atoms with Crippen LogP contribution in [-0.2, 0) is 16.6 Å². The zero-order chi connectivity index (χ0) is 16.6. The van der Waals surface area contributed by atoms with Crippen molar-refractivity contribution in [3.8, 4) is 17.2 Å². The first kappa shape index (κ1) is 15.3. The molecule has 126 valence electrons. The van der Waals surface area contributed by atoms with Crippen molar-refractivity contribution in [1.29, 1.82) is 0 Å². The monoisotopic (exact) mass is 347 g/mol. The zero-order valence-corrected chi connectivity index (χ0v) is 13.8. The van der Waals surface area contributed by atoms with Crippen molar-refractivity contribution in [2.75, 3.05) is 26.4 Å². The largest absolute Gasteiger partial charge is 0.492 e. The van der Waals surface area contributed by atoms with Gasteiger partial charge in [0.2, 0.25) is 10.0 Å². The van der Waals surface area contributed by atoms with Crippen molar-refractivity contribution in [3.05, 3.63) is 48.0 Å². The Morgan fingerprint density at radius 1 is 0.833 bits per heavy atom. The van der Waals surface area contributed by atoms with Crippen LogP contribution in [0, 0.1) is 0 Å². The van der Waals surface area contributed by atoms with E-state index in [1.54, 1.807) is 12.1 Å². The minimum atomic E-state index is -3.64. The molecule has 0 unspecified atom stereocenters. The number of benzene rings is 2. The molecule has 2 heterocycles. The molecular formula is C17H17NO5S. The normalized spacial score (nSPS) is 17.5. The van der Waals surface area contributed by atoms with Crippen molar-refractivity contribution in [1.82, 2.24) is 4.31 Å². The van der Waals surface area contributed by atoms with Crippen LogP contribution < -0.4 is 14.2 Å². The molecule has 0 fully saturated rings. The van der Waals surface area contributed by atoms with Gasteiger partial charge < -0.3 is 14.2 Å². The third kappa shape index (κ3) is 2.70. The second-order valence-electron chi connectivity index (χ2n) is 5.60. The van der Waals surface area contributed by atoms with Gasteiger partial charge in [-0.05, 0) is 18.2 Å². The van der Waals surface area contributed by atoms with Gasteiger partial charge in [0.15, 0.2) is 11.5 Å². The number of ether oxygens (including phenoxy) is 3. The molecule has 2 aliphatic heterocycles. The minimum absolute atomic E-state index is 0.200. The second-order valence-corrected chi connectivity index (χ2v) is 7.54. The van der Waals surface area contributed by atoms with E-state index in [4.69, 9.17) is 14.2 Å². The molecule has 0 N–H and O–H groups in total. The highest BCUT2D eigenvalue weighted by Gasteiger charge is 2.29. The van der Waals surface area contributed by atoms with Crippen molar-refractivity contribution < 1.29 is 22.6 Å². The number of hydrogen-bond donors (Lipinski definition) is 0. The van der Waals surface area contributed by atoms with Crippen LogP contribution in [0.1, 0.15) is 5.56 Å². The molecule has 4 rings (SSSR count). The fourth-order valence-corrected chi connectivity index (χ4v) is 4.26. The summed E-state index contributed by atoms with van der Waals surface area (Å²) in [5.74, 6) is 1.77. The average molecular weight is 347 g/mol. The first-order chi connectivity index (χ1) is 11.6. The summed E-state index contributed by atoms with van der Waals surface area (Å²) in [5.41, 5.74) is 0.858. The van der Waals surface area contributed by atoms with E-state index < -0.39 is 10.0 Å². The highest BCUT2D eigenvalue weighted by molar-refractivity contribution is 7.89. The van der Waals surface area contributed by atoms with E-state index in [0.717, 1.165) is 11.3 Å². The molecule has 0 atom stereocenters. The summed E-state index contributed by atoms with van der Waals surface area (Å²) in [6, 6.07) is 12.2. The van der Waals surface area contributed by atoms with Crippen LogP contribution in [0.4, 0.5) is 0 Å². The van der Waals surface area contributed by atoms with Crippen LogP contribution in [0.15, 0.2) is 47.4 Å². The molecule has 2 aliphatic rings. The molecule has 0 saturated heterocycles. The summed E-state index contributed by atoms with van der Waals surface area (Å²) in [5, 5.41) is 0. The zero-order valence-electron chi connectivity index (χ0n) is 13.0. The first-order valence-corrected chi connectivity index (χ1v) is 9.19. The molecule has 0 aromatic heterocycles. The average Bonchev–Trinajstić information content (AvgIpc) is 2.84. The lowest BCUT2D eigenvalue weighted by Gasteiger charge is -2.22. The van der Waals surface area contributed by atoms with Crippen LogP contribution in [0.3, 0.4) is 0 Å². The Morgan fingerprint density at radius 2 is 1.58 bits per heavy atom. The van der Waals surface area contributed by atoms with E-state index in [1.165, 1.54) is 10.4 Å². The Labute approximate surface area is 140 Å². The second kappa shape index (κ2) is 5.99. The van der Waals surface area contributed by atoms with E-state index in [-0.39, 0.29) is 11.4 Å². The number of nitrogens with zero attached hydrogens (tertiary/aromatic N) is 1. The molecule has 6 nitrogen and oxygen atoms in total. The van der Waals surface area contributed by atoms with Gasteiger partial charge in [-0.2, -0.15) is 4.31 Å². The van der Waals surface area contributed by atoms with Gasteiger partial charge in [-0.3, -0.25) is 0 Å². The Balaban J connectivity index is 1.67. The Morgan fingerprint density at radius 3 is 2.46 bits per heavy atom. The SMILES string of the molecule is O=S(=O)(c1ccc2c(c1)OCCO2)N1CCOc2ccccc2C1. The maximum atomic E-state index is 13.0. The summed E-state index contributed by atoms with van der Waals surface area (Å²) >= 11 is 0.